The number of nitrogens with zero attached hydrogens (tertiary/aromatic N) is 1. The Hall–Kier alpha value is -0.850. The van der Waals surface area contributed by atoms with Gasteiger partial charge in [0.05, 0.1) is 11.2 Å². The molecule has 0 amide bonds. The van der Waals surface area contributed by atoms with E-state index in [4.69, 9.17) is 12.2 Å². The summed E-state index contributed by atoms with van der Waals surface area (Å²) < 4.78 is 0. The van der Waals surface area contributed by atoms with E-state index in [9.17, 15) is 0 Å². The number of terminal acetylenes is 1. The van der Waals surface area contributed by atoms with Gasteiger partial charge < -0.3 is 5.73 Å². The highest BCUT2D eigenvalue weighted by molar-refractivity contribution is 7.07. The van der Waals surface area contributed by atoms with Crippen molar-refractivity contribution in [2.75, 3.05) is 0 Å². The number of aromatic nitrogens is 1. The van der Waals surface area contributed by atoms with Crippen LogP contribution in [0.1, 0.15) is 31.0 Å². The lowest BCUT2D eigenvalue weighted by Gasteiger charge is -2.05. The van der Waals surface area contributed by atoms with Crippen molar-refractivity contribution in [2.45, 2.75) is 25.3 Å². The van der Waals surface area contributed by atoms with Crippen molar-refractivity contribution in [3.63, 3.8) is 0 Å². The Morgan fingerprint density at radius 2 is 2.58 bits per heavy atom. The second kappa shape index (κ2) is 4.91. The van der Waals surface area contributed by atoms with Crippen molar-refractivity contribution in [2.24, 2.45) is 5.73 Å². The lowest BCUT2D eigenvalue weighted by molar-refractivity contribution is 0.609. The van der Waals surface area contributed by atoms with Crippen LogP contribution >= 0.6 is 11.3 Å². The van der Waals surface area contributed by atoms with Gasteiger partial charge in [-0.05, 0) is 12.8 Å². The van der Waals surface area contributed by atoms with Crippen LogP contribution in [0, 0.1) is 12.3 Å². The Balaban J connectivity index is 2.30. The Morgan fingerprint density at radius 1 is 1.75 bits per heavy atom. The number of thiazole rings is 1. The Kier molecular flexibility index (Phi) is 3.78. The summed E-state index contributed by atoms with van der Waals surface area (Å²) in [5.41, 5.74) is 8.64. The Morgan fingerprint density at radius 3 is 3.17 bits per heavy atom. The maximum absolute atomic E-state index is 5.86. The molecule has 0 aromatic carbocycles. The third-order valence-corrected chi connectivity index (χ3v) is 2.27. The molecule has 3 heteroatoms. The summed E-state index contributed by atoms with van der Waals surface area (Å²) in [6.07, 6.45) is 7.84. The van der Waals surface area contributed by atoms with Gasteiger partial charge in [0.2, 0.25) is 0 Å². The molecule has 0 fully saturated rings. The van der Waals surface area contributed by atoms with Crippen LogP contribution in [0.3, 0.4) is 0 Å². The SMILES string of the molecule is C#CCCCC(N)c1cscn1. The van der Waals surface area contributed by atoms with Crippen LogP contribution in [0.5, 0.6) is 0 Å². The lowest BCUT2D eigenvalue weighted by Crippen LogP contribution is -2.10. The number of unbranched alkanes of at least 4 members (excludes halogenated alkanes) is 1. The van der Waals surface area contributed by atoms with E-state index in [2.05, 4.69) is 10.9 Å². The largest absolute Gasteiger partial charge is 0.323 e. The van der Waals surface area contributed by atoms with Gasteiger partial charge in [0.15, 0.2) is 0 Å². The maximum Gasteiger partial charge on any atom is 0.0795 e. The van der Waals surface area contributed by atoms with Gasteiger partial charge in [-0.1, -0.05) is 0 Å². The first-order chi connectivity index (χ1) is 5.84. The van der Waals surface area contributed by atoms with Crippen LogP contribution in [0.4, 0.5) is 0 Å². The van der Waals surface area contributed by atoms with Crippen molar-refractivity contribution in [3.05, 3.63) is 16.6 Å². The van der Waals surface area contributed by atoms with Gasteiger partial charge >= 0.3 is 0 Å². The van der Waals surface area contributed by atoms with E-state index in [1.165, 1.54) is 0 Å². The van der Waals surface area contributed by atoms with Crippen molar-refractivity contribution in [3.8, 4) is 12.3 Å². The van der Waals surface area contributed by atoms with Gasteiger partial charge in [0.1, 0.15) is 0 Å². The molecule has 0 aliphatic heterocycles. The summed E-state index contributed by atoms with van der Waals surface area (Å²) in [7, 11) is 0. The zero-order valence-corrected chi connectivity index (χ0v) is 7.68. The van der Waals surface area contributed by atoms with E-state index in [-0.39, 0.29) is 6.04 Å². The zero-order chi connectivity index (χ0) is 8.81. The van der Waals surface area contributed by atoms with Gasteiger partial charge in [-0.25, -0.2) is 4.98 Å². The standard InChI is InChI=1S/C9H12N2S/c1-2-3-4-5-8(10)9-6-12-7-11-9/h1,6-8H,3-5,10H2. The van der Waals surface area contributed by atoms with Crippen LogP contribution in [0.25, 0.3) is 0 Å². The molecule has 64 valence electrons. The van der Waals surface area contributed by atoms with Crippen LogP contribution in [-0.2, 0) is 0 Å². The second-order valence-electron chi connectivity index (χ2n) is 2.62. The average Bonchev–Trinajstić information content (AvgIpc) is 2.56. The molecule has 0 saturated heterocycles. The summed E-state index contributed by atoms with van der Waals surface area (Å²) in [5.74, 6) is 2.59. The first kappa shape index (κ1) is 9.24. The molecule has 0 aliphatic carbocycles. The first-order valence-electron chi connectivity index (χ1n) is 3.91. The topological polar surface area (TPSA) is 38.9 Å². The average molecular weight is 180 g/mol. The van der Waals surface area contributed by atoms with E-state index >= 15 is 0 Å². The first-order valence-corrected chi connectivity index (χ1v) is 4.86. The highest BCUT2D eigenvalue weighted by Gasteiger charge is 2.06. The Bertz CT molecular complexity index is 248. The van der Waals surface area contributed by atoms with E-state index in [1.807, 2.05) is 5.38 Å². The zero-order valence-electron chi connectivity index (χ0n) is 6.86. The van der Waals surface area contributed by atoms with E-state index in [0.717, 1.165) is 25.0 Å². The van der Waals surface area contributed by atoms with Crippen molar-refractivity contribution < 1.29 is 0 Å². The minimum atomic E-state index is 0.0598. The van der Waals surface area contributed by atoms with Gasteiger partial charge in [0.25, 0.3) is 0 Å². The molecule has 0 saturated carbocycles. The highest BCUT2D eigenvalue weighted by Crippen LogP contribution is 2.15. The molecule has 0 bridgehead atoms. The minimum Gasteiger partial charge on any atom is -0.323 e. The predicted octanol–water partition coefficient (Wildman–Crippen LogP) is 1.95. The van der Waals surface area contributed by atoms with E-state index in [0.29, 0.717) is 0 Å². The number of hydrogen-bond acceptors (Lipinski definition) is 3. The van der Waals surface area contributed by atoms with Crippen LogP contribution in [0.15, 0.2) is 10.9 Å². The molecule has 0 radical (unpaired) electrons. The predicted molar refractivity (Wildman–Crippen MR) is 51.7 cm³/mol. The molecule has 1 unspecified atom stereocenters. The van der Waals surface area contributed by atoms with Crippen molar-refractivity contribution >= 4 is 11.3 Å². The van der Waals surface area contributed by atoms with Gasteiger partial charge in [-0.3, -0.25) is 0 Å². The molecule has 1 aromatic heterocycles. The normalized spacial score (nSPS) is 12.3. The van der Waals surface area contributed by atoms with Crippen molar-refractivity contribution in [1.29, 1.82) is 0 Å². The Labute approximate surface area is 76.8 Å². The molecule has 1 atom stereocenters. The van der Waals surface area contributed by atoms with Gasteiger partial charge in [0, 0.05) is 17.8 Å². The van der Waals surface area contributed by atoms with E-state index < -0.39 is 0 Å². The summed E-state index contributed by atoms with van der Waals surface area (Å²) in [5, 5.41) is 1.99. The summed E-state index contributed by atoms with van der Waals surface area (Å²) in [6, 6.07) is 0.0598. The van der Waals surface area contributed by atoms with E-state index in [1.54, 1.807) is 16.8 Å². The van der Waals surface area contributed by atoms with Crippen LogP contribution < -0.4 is 5.73 Å². The molecule has 1 aromatic rings. The monoisotopic (exact) mass is 180 g/mol. The molecular weight excluding hydrogens is 168 g/mol. The van der Waals surface area contributed by atoms with Crippen molar-refractivity contribution in [1.82, 2.24) is 4.98 Å². The molecule has 1 rings (SSSR count). The number of nitrogens with two attached hydrogens (primary N) is 1. The molecule has 1 heterocycles. The third-order valence-electron chi connectivity index (χ3n) is 1.67. The molecule has 2 nitrogen and oxygen atoms in total. The molecule has 12 heavy (non-hydrogen) atoms. The summed E-state index contributed by atoms with van der Waals surface area (Å²) in [6.45, 7) is 0. The highest BCUT2D eigenvalue weighted by atomic mass is 32.1. The molecule has 0 spiro atoms. The van der Waals surface area contributed by atoms with Gasteiger partial charge in [-0.2, -0.15) is 0 Å². The lowest BCUT2D eigenvalue weighted by atomic mass is 10.1. The maximum atomic E-state index is 5.86. The summed E-state index contributed by atoms with van der Waals surface area (Å²) in [4.78, 5) is 4.14. The fourth-order valence-electron chi connectivity index (χ4n) is 0.977. The molecule has 2 N–H and O–H groups in total. The molecular formula is C9H12N2S. The quantitative estimate of drug-likeness (QED) is 0.568. The number of hydrogen-bond donors (Lipinski definition) is 1. The smallest absolute Gasteiger partial charge is 0.0795 e. The second-order valence-corrected chi connectivity index (χ2v) is 3.33. The third kappa shape index (κ3) is 2.65. The molecule has 0 aliphatic rings. The van der Waals surface area contributed by atoms with Crippen LogP contribution in [-0.4, -0.2) is 4.98 Å². The van der Waals surface area contributed by atoms with Gasteiger partial charge in [-0.15, -0.1) is 23.7 Å². The fraction of sp³-hybridized carbons (Fsp3) is 0.444. The number of rotatable bonds is 4. The summed E-state index contributed by atoms with van der Waals surface area (Å²) >= 11 is 1.58. The van der Waals surface area contributed by atoms with Crippen LogP contribution in [0.2, 0.25) is 0 Å². The minimum absolute atomic E-state index is 0.0598. The fourth-order valence-corrected chi connectivity index (χ4v) is 1.60.